The molecule has 0 aromatic heterocycles. The molecule has 0 radical (unpaired) electrons. The SMILES string of the molecule is Cc1ccc(N=Cc2ccc3ccc4cccc5ccc2c3c45)c([Te](Cl)(Cl)c2cccc3ccccc23)c1. The Morgan fingerprint density at radius 3 is 2.08 bits per heavy atom. The number of benzene rings is 7. The number of hydrogen-bond donors (Lipinski definition) is 0. The van der Waals surface area contributed by atoms with Crippen LogP contribution in [0.4, 0.5) is 5.69 Å². The van der Waals surface area contributed by atoms with Crippen LogP contribution in [-0.4, -0.2) is 22.2 Å². The average molecular weight is 644 g/mol. The molecule has 0 aliphatic carbocycles. The van der Waals surface area contributed by atoms with Crippen LogP contribution in [0.1, 0.15) is 11.1 Å². The Bertz CT molecular complexity index is 2000. The van der Waals surface area contributed by atoms with Crippen molar-refractivity contribution in [2.75, 3.05) is 0 Å². The van der Waals surface area contributed by atoms with Gasteiger partial charge in [-0.3, -0.25) is 0 Å². The summed E-state index contributed by atoms with van der Waals surface area (Å²) >= 11 is -3.78. The first-order valence-electron chi connectivity index (χ1n) is 12.5. The van der Waals surface area contributed by atoms with Crippen LogP contribution >= 0.6 is 17.9 Å². The van der Waals surface area contributed by atoms with Crippen molar-refractivity contribution in [1.82, 2.24) is 0 Å². The van der Waals surface area contributed by atoms with Gasteiger partial charge >= 0.3 is 234 Å². The fourth-order valence-corrected chi connectivity index (χ4v) is 13.7. The molecule has 0 aliphatic rings. The van der Waals surface area contributed by atoms with Crippen LogP contribution in [-0.2, 0) is 0 Å². The van der Waals surface area contributed by atoms with Crippen molar-refractivity contribution < 1.29 is 0 Å². The second kappa shape index (κ2) is 9.26. The maximum atomic E-state index is 7.41. The van der Waals surface area contributed by atoms with Crippen molar-refractivity contribution in [1.29, 1.82) is 0 Å². The maximum absolute atomic E-state index is 7.41. The summed E-state index contributed by atoms with van der Waals surface area (Å²) in [6, 6.07) is 40.4. The van der Waals surface area contributed by atoms with E-state index < -0.39 is 15.9 Å². The summed E-state index contributed by atoms with van der Waals surface area (Å²) in [7, 11) is 14.8. The van der Waals surface area contributed by atoms with Gasteiger partial charge < -0.3 is 0 Å². The molecule has 0 bridgehead atoms. The van der Waals surface area contributed by atoms with Crippen molar-refractivity contribution in [2.45, 2.75) is 6.92 Å². The molecule has 1 nitrogen and oxygen atoms in total. The van der Waals surface area contributed by atoms with E-state index in [2.05, 4.69) is 97.9 Å². The van der Waals surface area contributed by atoms with E-state index in [4.69, 9.17) is 22.9 Å². The fourth-order valence-electron chi connectivity index (χ4n) is 5.48. The van der Waals surface area contributed by atoms with E-state index in [9.17, 15) is 0 Å². The van der Waals surface area contributed by atoms with Gasteiger partial charge in [0.15, 0.2) is 0 Å². The number of nitrogens with zero attached hydrogens (tertiary/aromatic N) is 1. The Hall–Kier alpha value is -3.12. The monoisotopic (exact) mass is 645 g/mol. The van der Waals surface area contributed by atoms with Crippen molar-refractivity contribution in [2.24, 2.45) is 4.99 Å². The Balaban J connectivity index is 1.39. The number of rotatable bonds is 4. The minimum atomic E-state index is -3.78. The molecular weight excluding hydrogens is 621 g/mol. The van der Waals surface area contributed by atoms with Crippen LogP contribution in [0.25, 0.3) is 43.1 Å². The van der Waals surface area contributed by atoms with Gasteiger partial charge in [0.2, 0.25) is 0 Å². The van der Waals surface area contributed by atoms with Gasteiger partial charge in [0.25, 0.3) is 0 Å². The van der Waals surface area contributed by atoms with Gasteiger partial charge in [-0.15, -0.1) is 0 Å². The van der Waals surface area contributed by atoms with Crippen LogP contribution in [0.15, 0.2) is 120 Å². The summed E-state index contributed by atoms with van der Waals surface area (Å²) in [6.45, 7) is 2.08. The second-order valence-corrected chi connectivity index (χ2v) is 22.1. The fraction of sp³-hybridized carbons (Fsp3) is 0.0294. The molecule has 38 heavy (non-hydrogen) atoms. The van der Waals surface area contributed by atoms with Crippen molar-refractivity contribution in [3.8, 4) is 0 Å². The molecule has 0 fully saturated rings. The quantitative estimate of drug-likeness (QED) is 0.103. The van der Waals surface area contributed by atoms with Crippen LogP contribution in [0.5, 0.6) is 0 Å². The van der Waals surface area contributed by atoms with Crippen LogP contribution in [0.2, 0.25) is 0 Å². The summed E-state index contributed by atoms with van der Waals surface area (Å²) in [5, 5.41) is 9.80. The molecule has 7 rings (SSSR count). The standard InChI is InChI=1S/C34H23Cl2NTe/c1-22-12-19-30(32(20-22)38(35,36)31-11-5-7-23-6-2-3-10-28(23)31)37-21-27-16-15-26-14-13-24-8-4-9-25-17-18-29(27)34(26)33(24)25/h2-21H,1H3. The normalized spacial score (nSPS) is 12.9. The third-order valence-electron chi connectivity index (χ3n) is 7.32. The molecule has 0 heterocycles. The molecule has 4 heteroatoms. The molecule has 184 valence electrons. The summed E-state index contributed by atoms with van der Waals surface area (Å²) < 4.78 is 2.00. The topological polar surface area (TPSA) is 12.4 Å². The molecule has 0 spiro atoms. The Morgan fingerprint density at radius 2 is 1.24 bits per heavy atom. The van der Waals surface area contributed by atoms with Crippen LogP contribution < -0.4 is 7.22 Å². The molecule has 0 N–H and O–H groups in total. The molecule has 0 saturated carbocycles. The average Bonchev–Trinajstić information content (AvgIpc) is 2.95. The van der Waals surface area contributed by atoms with Crippen LogP contribution in [0, 0.1) is 6.92 Å². The number of aliphatic imine (C=N–C) groups is 1. The van der Waals surface area contributed by atoms with E-state index in [-0.39, 0.29) is 0 Å². The Kier molecular flexibility index (Phi) is 5.84. The zero-order valence-corrected chi connectivity index (χ0v) is 24.5. The molecule has 0 amide bonds. The zero-order valence-electron chi connectivity index (χ0n) is 20.7. The molecule has 7 aromatic carbocycles. The van der Waals surface area contributed by atoms with E-state index in [1.165, 1.54) is 32.3 Å². The van der Waals surface area contributed by atoms with Gasteiger partial charge in [0.05, 0.1) is 0 Å². The summed E-state index contributed by atoms with van der Waals surface area (Å²) in [5.74, 6) is 0. The predicted molar refractivity (Wildman–Crippen MR) is 169 cm³/mol. The molecule has 0 saturated heterocycles. The van der Waals surface area contributed by atoms with Gasteiger partial charge in [-0.05, 0) is 0 Å². The van der Waals surface area contributed by atoms with Crippen LogP contribution in [0.3, 0.4) is 0 Å². The third kappa shape index (κ3) is 3.87. The number of hydrogen-bond acceptors (Lipinski definition) is 1. The molecule has 0 aliphatic heterocycles. The van der Waals surface area contributed by atoms with E-state index in [0.29, 0.717) is 0 Å². The van der Waals surface area contributed by atoms with Gasteiger partial charge in [0.1, 0.15) is 0 Å². The summed E-state index contributed by atoms with van der Waals surface area (Å²) in [4.78, 5) is 5.03. The first kappa shape index (κ1) is 24.0. The first-order chi connectivity index (χ1) is 18.5. The zero-order chi connectivity index (χ0) is 25.9. The van der Waals surface area contributed by atoms with E-state index in [1.807, 2.05) is 30.5 Å². The van der Waals surface area contributed by atoms with E-state index in [1.54, 1.807) is 0 Å². The summed E-state index contributed by atoms with van der Waals surface area (Å²) in [6.07, 6.45) is 1.97. The van der Waals surface area contributed by atoms with Crippen molar-refractivity contribution >= 4 is 96.1 Å². The molecule has 0 atom stereocenters. The number of fused-ring (bicyclic) bond motifs is 1. The van der Waals surface area contributed by atoms with Gasteiger partial charge in [-0.25, -0.2) is 0 Å². The number of aryl methyl sites for hydroxylation is 1. The molecule has 7 aromatic rings. The first-order valence-corrected chi connectivity index (χ1v) is 20.8. The van der Waals surface area contributed by atoms with Crippen molar-refractivity contribution in [3.05, 3.63) is 126 Å². The Morgan fingerprint density at radius 1 is 0.579 bits per heavy atom. The third-order valence-corrected chi connectivity index (χ3v) is 16.9. The van der Waals surface area contributed by atoms with Gasteiger partial charge in [-0.2, -0.15) is 0 Å². The number of halogens is 2. The van der Waals surface area contributed by atoms with Gasteiger partial charge in [0, 0.05) is 0 Å². The predicted octanol–water partition coefficient (Wildman–Crippen LogP) is 8.83. The second-order valence-electron chi connectivity index (χ2n) is 9.69. The van der Waals surface area contributed by atoms with Gasteiger partial charge in [-0.1, -0.05) is 0 Å². The van der Waals surface area contributed by atoms with E-state index >= 15 is 0 Å². The van der Waals surface area contributed by atoms with Crippen molar-refractivity contribution in [3.63, 3.8) is 0 Å². The van der Waals surface area contributed by atoms with E-state index in [0.717, 1.165) is 34.8 Å². The molecular formula is C34H23Cl2NTe. The molecule has 0 unspecified atom stereocenters. The summed E-state index contributed by atoms with van der Waals surface area (Å²) in [5.41, 5.74) is 3.04. The minimum absolute atomic E-state index is 0.834. The Labute approximate surface area is 233 Å².